The zero-order valence-corrected chi connectivity index (χ0v) is 8.65. The first-order valence-corrected chi connectivity index (χ1v) is 4.26. The predicted molar refractivity (Wildman–Crippen MR) is 50.9 cm³/mol. The molecule has 0 aromatic heterocycles. The SMILES string of the molecule is CC(C)(N)C(=O)NC(CO)(CO)C(=O)O. The minimum absolute atomic E-state index is 0.770. The van der Waals surface area contributed by atoms with Crippen molar-refractivity contribution in [2.45, 2.75) is 24.9 Å². The summed E-state index contributed by atoms with van der Waals surface area (Å²) in [6.45, 7) is 0.925. The van der Waals surface area contributed by atoms with Gasteiger partial charge < -0.3 is 26.4 Å². The average Bonchev–Trinajstić information content (AvgIpc) is 2.11. The van der Waals surface area contributed by atoms with Gasteiger partial charge in [0.1, 0.15) is 0 Å². The van der Waals surface area contributed by atoms with Gasteiger partial charge in [-0.2, -0.15) is 0 Å². The number of hydrogen-bond acceptors (Lipinski definition) is 5. The Morgan fingerprint density at radius 3 is 1.87 bits per heavy atom. The van der Waals surface area contributed by atoms with E-state index in [-0.39, 0.29) is 0 Å². The number of aliphatic hydroxyl groups excluding tert-OH is 2. The lowest BCUT2D eigenvalue weighted by molar-refractivity contribution is -0.152. The Morgan fingerprint density at radius 1 is 1.27 bits per heavy atom. The zero-order valence-electron chi connectivity index (χ0n) is 8.65. The standard InChI is InChI=1S/C8H16N2O5/c1-7(2,9)5(13)10-8(3-11,4-12)6(14)15/h11-12H,3-4,9H2,1-2H3,(H,10,13)(H,14,15). The smallest absolute Gasteiger partial charge is 0.334 e. The van der Waals surface area contributed by atoms with Crippen LogP contribution in [0.2, 0.25) is 0 Å². The molecular formula is C8H16N2O5. The molecule has 88 valence electrons. The molecule has 0 rings (SSSR count). The summed E-state index contributed by atoms with van der Waals surface area (Å²) >= 11 is 0. The number of carbonyl (C=O) groups is 2. The molecule has 0 aliphatic rings. The van der Waals surface area contributed by atoms with Gasteiger partial charge in [-0.3, -0.25) is 4.79 Å². The number of aliphatic carboxylic acids is 1. The van der Waals surface area contributed by atoms with Crippen LogP contribution in [-0.4, -0.2) is 51.5 Å². The molecule has 7 heteroatoms. The highest BCUT2D eigenvalue weighted by molar-refractivity contribution is 5.91. The summed E-state index contributed by atoms with van der Waals surface area (Å²) in [7, 11) is 0. The first-order valence-electron chi connectivity index (χ1n) is 4.26. The van der Waals surface area contributed by atoms with Crippen LogP contribution in [0, 0.1) is 0 Å². The van der Waals surface area contributed by atoms with Crippen LogP contribution in [0.5, 0.6) is 0 Å². The molecule has 0 atom stereocenters. The van der Waals surface area contributed by atoms with Crippen molar-refractivity contribution in [2.24, 2.45) is 5.73 Å². The van der Waals surface area contributed by atoms with Gasteiger partial charge in [0.05, 0.1) is 18.8 Å². The van der Waals surface area contributed by atoms with Crippen LogP contribution in [0.25, 0.3) is 0 Å². The first kappa shape index (κ1) is 13.8. The average molecular weight is 220 g/mol. The third kappa shape index (κ3) is 3.15. The Balaban J connectivity index is 4.85. The highest BCUT2D eigenvalue weighted by Crippen LogP contribution is 2.06. The van der Waals surface area contributed by atoms with Gasteiger partial charge in [0.2, 0.25) is 5.91 Å². The molecule has 0 spiro atoms. The summed E-state index contributed by atoms with van der Waals surface area (Å²) in [6, 6.07) is 0. The highest BCUT2D eigenvalue weighted by Gasteiger charge is 2.41. The van der Waals surface area contributed by atoms with E-state index in [1.807, 2.05) is 5.32 Å². The van der Waals surface area contributed by atoms with E-state index in [1.165, 1.54) is 13.8 Å². The Kier molecular flexibility index (Phi) is 4.20. The van der Waals surface area contributed by atoms with E-state index in [2.05, 4.69) is 0 Å². The molecule has 0 aliphatic carbocycles. The van der Waals surface area contributed by atoms with Crippen molar-refractivity contribution in [3.8, 4) is 0 Å². The van der Waals surface area contributed by atoms with E-state index < -0.39 is 36.2 Å². The number of carboxylic acids is 1. The van der Waals surface area contributed by atoms with E-state index in [1.54, 1.807) is 0 Å². The molecule has 1 amide bonds. The topological polar surface area (TPSA) is 133 Å². The summed E-state index contributed by atoms with van der Waals surface area (Å²) in [6.07, 6.45) is 0. The molecule has 0 radical (unpaired) electrons. The van der Waals surface area contributed by atoms with Crippen molar-refractivity contribution in [3.63, 3.8) is 0 Å². The Hall–Kier alpha value is -1.18. The number of aliphatic hydroxyl groups is 2. The largest absolute Gasteiger partial charge is 0.479 e. The second-order valence-electron chi connectivity index (χ2n) is 3.88. The third-order valence-corrected chi connectivity index (χ3v) is 1.89. The number of carboxylic acid groups (broad SMARTS) is 1. The summed E-state index contributed by atoms with van der Waals surface area (Å²) in [4.78, 5) is 22.2. The number of rotatable bonds is 5. The van der Waals surface area contributed by atoms with Gasteiger partial charge >= 0.3 is 5.97 Å². The van der Waals surface area contributed by atoms with Crippen LogP contribution in [0.15, 0.2) is 0 Å². The number of hydrogen-bond donors (Lipinski definition) is 5. The molecular weight excluding hydrogens is 204 g/mol. The minimum atomic E-state index is -2.09. The maximum atomic E-state index is 11.4. The van der Waals surface area contributed by atoms with E-state index in [4.69, 9.17) is 21.1 Å². The fraction of sp³-hybridized carbons (Fsp3) is 0.750. The van der Waals surface area contributed by atoms with Gasteiger partial charge in [0, 0.05) is 0 Å². The van der Waals surface area contributed by atoms with E-state index in [9.17, 15) is 9.59 Å². The molecule has 0 saturated heterocycles. The maximum Gasteiger partial charge on any atom is 0.334 e. The van der Waals surface area contributed by atoms with Crippen molar-refractivity contribution < 1.29 is 24.9 Å². The van der Waals surface area contributed by atoms with Crippen molar-refractivity contribution in [1.82, 2.24) is 5.32 Å². The Labute approximate surface area is 86.9 Å². The number of nitrogens with two attached hydrogens (primary N) is 1. The number of carbonyl (C=O) groups excluding carboxylic acids is 1. The van der Waals surface area contributed by atoms with Gasteiger partial charge in [-0.05, 0) is 13.8 Å². The molecule has 15 heavy (non-hydrogen) atoms. The molecule has 0 bridgehead atoms. The van der Waals surface area contributed by atoms with Crippen LogP contribution in [0.4, 0.5) is 0 Å². The number of amides is 1. The minimum Gasteiger partial charge on any atom is -0.479 e. The molecule has 0 aromatic carbocycles. The van der Waals surface area contributed by atoms with E-state index in [0.29, 0.717) is 0 Å². The Bertz CT molecular complexity index is 254. The van der Waals surface area contributed by atoms with Crippen molar-refractivity contribution in [1.29, 1.82) is 0 Å². The lowest BCUT2D eigenvalue weighted by Gasteiger charge is -2.29. The fourth-order valence-corrected chi connectivity index (χ4v) is 0.696. The normalized spacial score (nSPS) is 12.3. The van der Waals surface area contributed by atoms with E-state index in [0.717, 1.165) is 0 Å². The molecule has 0 fully saturated rings. The quantitative estimate of drug-likeness (QED) is 0.352. The van der Waals surface area contributed by atoms with Gasteiger partial charge in [-0.25, -0.2) is 4.79 Å². The number of nitrogens with one attached hydrogen (secondary N) is 1. The summed E-state index contributed by atoms with van der Waals surface area (Å²) in [5.74, 6) is -2.29. The molecule has 0 aliphatic heterocycles. The molecule has 0 unspecified atom stereocenters. The third-order valence-electron chi connectivity index (χ3n) is 1.89. The van der Waals surface area contributed by atoms with Gasteiger partial charge in [0.15, 0.2) is 5.54 Å². The summed E-state index contributed by atoms with van der Waals surface area (Å²) in [5.41, 5.74) is 2.05. The summed E-state index contributed by atoms with van der Waals surface area (Å²) in [5, 5.41) is 28.5. The fourth-order valence-electron chi connectivity index (χ4n) is 0.696. The van der Waals surface area contributed by atoms with Crippen molar-refractivity contribution in [2.75, 3.05) is 13.2 Å². The lowest BCUT2D eigenvalue weighted by atomic mass is 9.98. The second-order valence-corrected chi connectivity index (χ2v) is 3.88. The van der Waals surface area contributed by atoms with Crippen LogP contribution in [-0.2, 0) is 9.59 Å². The summed E-state index contributed by atoms with van der Waals surface area (Å²) < 4.78 is 0. The maximum absolute atomic E-state index is 11.4. The molecule has 7 nitrogen and oxygen atoms in total. The van der Waals surface area contributed by atoms with Gasteiger partial charge in [-0.15, -0.1) is 0 Å². The first-order chi connectivity index (χ1) is 6.69. The Morgan fingerprint density at radius 2 is 1.67 bits per heavy atom. The van der Waals surface area contributed by atoms with Crippen LogP contribution in [0.1, 0.15) is 13.8 Å². The molecule has 0 saturated carbocycles. The second kappa shape index (κ2) is 4.56. The molecule has 0 heterocycles. The lowest BCUT2D eigenvalue weighted by Crippen LogP contribution is -2.64. The van der Waals surface area contributed by atoms with Crippen molar-refractivity contribution >= 4 is 11.9 Å². The van der Waals surface area contributed by atoms with Crippen molar-refractivity contribution in [3.05, 3.63) is 0 Å². The molecule has 6 N–H and O–H groups in total. The molecule has 0 aromatic rings. The zero-order chi connectivity index (χ0) is 12.3. The van der Waals surface area contributed by atoms with Crippen LogP contribution < -0.4 is 11.1 Å². The highest BCUT2D eigenvalue weighted by atomic mass is 16.4. The van der Waals surface area contributed by atoms with Gasteiger partial charge in [0.25, 0.3) is 0 Å². The predicted octanol–water partition coefficient (Wildman–Crippen LogP) is -2.35. The van der Waals surface area contributed by atoms with Crippen LogP contribution in [0.3, 0.4) is 0 Å². The van der Waals surface area contributed by atoms with Gasteiger partial charge in [-0.1, -0.05) is 0 Å². The van der Waals surface area contributed by atoms with Crippen LogP contribution >= 0.6 is 0 Å². The monoisotopic (exact) mass is 220 g/mol. The van der Waals surface area contributed by atoms with E-state index >= 15 is 0 Å².